The molecule has 0 spiro atoms. The molecule has 0 radical (unpaired) electrons. The van der Waals surface area contributed by atoms with E-state index >= 15 is 0 Å². The summed E-state index contributed by atoms with van der Waals surface area (Å²) in [5, 5.41) is 3.33. The van der Waals surface area contributed by atoms with E-state index in [0.29, 0.717) is 5.69 Å². The van der Waals surface area contributed by atoms with Crippen molar-refractivity contribution in [3.63, 3.8) is 0 Å². The lowest BCUT2D eigenvalue weighted by molar-refractivity contribution is 0.607. The molecule has 0 heterocycles. The van der Waals surface area contributed by atoms with Gasteiger partial charge in [0.2, 0.25) is 10.0 Å². The fourth-order valence-corrected chi connectivity index (χ4v) is 2.62. The van der Waals surface area contributed by atoms with Crippen molar-refractivity contribution in [1.82, 2.24) is 0 Å². The quantitative estimate of drug-likeness (QED) is 0.562. The van der Waals surface area contributed by atoms with Gasteiger partial charge in [-0.2, -0.15) is 0 Å². The molecule has 1 aromatic rings. The standard InChI is InChI=1S/C12H19IN2O2S/c1-3-4-5-8-14-12-9-10(6-7-11(12)13)15-18(2,16)17/h6-7,9,14-15H,3-5,8H2,1-2H3. The molecule has 0 atom stereocenters. The molecule has 4 nitrogen and oxygen atoms in total. The van der Waals surface area contributed by atoms with Gasteiger partial charge in [-0.1, -0.05) is 19.8 Å². The Morgan fingerprint density at radius 1 is 1.28 bits per heavy atom. The first-order chi connectivity index (χ1) is 8.42. The number of halogens is 1. The molecular weight excluding hydrogens is 363 g/mol. The summed E-state index contributed by atoms with van der Waals surface area (Å²) >= 11 is 2.24. The monoisotopic (exact) mass is 382 g/mol. The lowest BCUT2D eigenvalue weighted by Gasteiger charge is -2.11. The zero-order valence-electron chi connectivity index (χ0n) is 10.7. The zero-order valence-corrected chi connectivity index (χ0v) is 13.6. The van der Waals surface area contributed by atoms with E-state index in [1.165, 1.54) is 12.8 Å². The third-order valence-corrected chi connectivity index (χ3v) is 3.91. The number of nitrogens with one attached hydrogen (secondary N) is 2. The highest BCUT2D eigenvalue weighted by Gasteiger charge is 2.05. The van der Waals surface area contributed by atoms with E-state index in [1.54, 1.807) is 6.07 Å². The van der Waals surface area contributed by atoms with Gasteiger partial charge >= 0.3 is 0 Å². The van der Waals surface area contributed by atoms with Crippen molar-refractivity contribution in [3.05, 3.63) is 21.8 Å². The molecule has 0 saturated carbocycles. The molecule has 0 aromatic heterocycles. The summed E-state index contributed by atoms with van der Waals surface area (Å²) in [6.45, 7) is 3.08. The summed E-state index contributed by atoms with van der Waals surface area (Å²) in [5.74, 6) is 0. The second-order valence-corrected chi connectivity index (χ2v) is 7.11. The largest absolute Gasteiger partial charge is 0.384 e. The van der Waals surface area contributed by atoms with E-state index < -0.39 is 10.0 Å². The van der Waals surface area contributed by atoms with Crippen molar-refractivity contribution in [2.75, 3.05) is 22.8 Å². The Labute approximate surface area is 123 Å². The number of rotatable bonds is 7. The average molecular weight is 382 g/mol. The van der Waals surface area contributed by atoms with Crippen molar-refractivity contribution >= 4 is 44.0 Å². The molecule has 0 aliphatic carbocycles. The van der Waals surface area contributed by atoms with Crippen molar-refractivity contribution < 1.29 is 8.42 Å². The van der Waals surface area contributed by atoms with Crippen LogP contribution in [-0.2, 0) is 10.0 Å². The molecule has 1 aromatic carbocycles. The Hall–Kier alpha value is -0.500. The van der Waals surface area contributed by atoms with E-state index in [1.807, 2.05) is 12.1 Å². The summed E-state index contributed by atoms with van der Waals surface area (Å²) in [7, 11) is -3.22. The second-order valence-electron chi connectivity index (χ2n) is 4.20. The zero-order chi connectivity index (χ0) is 13.6. The summed E-state index contributed by atoms with van der Waals surface area (Å²) in [5.41, 5.74) is 1.57. The van der Waals surface area contributed by atoms with E-state index in [4.69, 9.17) is 0 Å². The second kappa shape index (κ2) is 7.18. The Balaban J connectivity index is 2.69. The minimum Gasteiger partial charge on any atom is -0.384 e. The predicted octanol–water partition coefficient (Wildman–Crippen LogP) is 3.26. The van der Waals surface area contributed by atoms with Gasteiger partial charge in [0.1, 0.15) is 0 Å². The SMILES string of the molecule is CCCCCNc1cc(NS(C)(=O)=O)ccc1I. The summed E-state index contributed by atoms with van der Waals surface area (Å²) in [6.07, 6.45) is 4.66. The number of sulfonamides is 1. The van der Waals surface area contributed by atoms with E-state index in [2.05, 4.69) is 39.6 Å². The Morgan fingerprint density at radius 3 is 2.61 bits per heavy atom. The molecule has 0 bridgehead atoms. The maximum absolute atomic E-state index is 11.2. The van der Waals surface area contributed by atoms with E-state index in [-0.39, 0.29) is 0 Å². The smallest absolute Gasteiger partial charge is 0.229 e. The summed E-state index contributed by atoms with van der Waals surface area (Å²) < 4.78 is 25.9. The maximum Gasteiger partial charge on any atom is 0.229 e. The molecule has 0 unspecified atom stereocenters. The lowest BCUT2D eigenvalue weighted by Crippen LogP contribution is -2.10. The molecule has 0 amide bonds. The highest BCUT2D eigenvalue weighted by molar-refractivity contribution is 14.1. The van der Waals surface area contributed by atoms with Gasteiger partial charge in [0, 0.05) is 15.8 Å². The van der Waals surface area contributed by atoms with Gasteiger partial charge in [0.05, 0.1) is 11.9 Å². The molecule has 6 heteroatoms. The first-order valence-electron chi connectivity index (χ1n) is 5.93. The Morgan fingerprint density at radius 2 is 2.00 bits per heavy atom. The molecular formula is C12H19IN2O2S. The van der Waals surface area contributed by atoms with Crippen LogP contribution in [0.4, 0.5) is 11.4 Å². The summed E-state index contributed by atoms with van der Waals surface area (Å²) in [6, 6.07) is 5.49. The Bertz CT molecular complexity index is 489. The van der Waals surface area contributed by atoms with Crippen LogP contribution in [0.1, 0.15) is 26.2 Å². The van der Waals surface area contributed by atoms with Crippen LogP contribution in [0.5, 0.6) is 0 Å². The number of benzene rings is 1. The molecule has 0 saturated heterocycles. The first kappa shape index (κ1) is 15.6. The van der Waals surface area contributed by atoms with Crippen LogP contribution in [0.25, 0.3) is 0 Å². The van der Waals surface area contributed by atoms with Gasteiger partial charge in [-0.25, -0.2) is 8.42 Å². The van der Waals surface area contributed by atoms with Crippen molar-refractivity contribution in [2.45, 2.75) is 26.2 Å². The molecule has 102 valence electrons. The fourth-order valence-electron chi connectivity index (χ4n) is 1.54. The summed E-state index contributed by atoms with van der Waals surface area (Å²) in [4.78, 5) is 0. The molecule has 0 aliphatic rings. The van der Waals surface area contributed by atoms with Crippen LogP contribution in [0.15, 0.2) is 18.2 Å². The number of unbranched alkanes of at least 4 members (excludes halogenated alkanes) is 2. The van der Waals surface area contributed by atoms with Gasteiger partial charge in [-0.05, 0) is 47.2 Å². The number of anilines is 2. The lowest BCUT2D eigenvalue weighted by atomic mass is 10.2. The molecule has 0 aliphatic heterocycles. The van der Waals surface area contributed by atoms with Crippen LogP contribution in [0.2, 0.25) is 0 Å². The topological polar surface area (TPSA) is 58.2 Å². The molecule has 18 heavy (non-hydrogen) atoms. The van der Waals surface area contributed by atoms with Crippen LogP contribution in [-0.4, -0.2) is 21.2 Å². The van der Waals surface area contributed by atoms with Gasteiger partial charge in [0.25, 0.3) is 0 Å². The maximum atomic E-state index is 11.2. The minimum absolute atomic E-state index is 0.593. The van der Waals surface area contributed by atoms with Crippen molar-refractivity contribution in [3.8, 4) is 0 Å². The highest BCUT2D eigenvalue weighted by Crippen LogP contribution is 2.23. The van der Waals surface area contributed by atoms with Crippen molar-refractivity contribution in [1.29, 1.82) is 0 Å². The molecule has 1 rings (SSSR count). The number of hydrogen-bond acceptors (Lipinski definition) is 3. The van der Waals surface area contributed by atoms with E-state index in [9.17, 15) is 8.42 Å². The fraction of sp³-hybridized carbons (Fsp3) is 0.500. The van der Waals surface area contributed by atoms with Crippen molar-refractivity contribution in [2.24, 2.45) is 0 Å². The third kappa shape index (κ3) is 5.90. The minimum atomic E-state index is -3.22. The van der Waals surface area contributed by atoms with Gasteiger partial charge < -0.3 is 5.32 Å². The van der Waals surface area contributed by atoms with Crippen LogP contribution >= 0.6 is 22.6 Å². The molecule has 0 fully saturated rings. The van der Waals surface area contributed by atoms with Crippen LogP contribution in [0, 0.1) is 3.57 Å². The number of hydrogen-bond donors (Lipinski definition) is 2. The highest BCUT2D eigenvalue weighted by atomic mass is 127. The third-order valence-electron chi connectivity index (χ3n) is 2.37. The van der Waals surface area contributed by atoms with Gasteiger partial charge in [-0.3, -0.25) is 4.72 Å². The van der Waals surface area contributed by atoms with Gasteiger partial charge in [0.15, 0.2) is 0 Å². The normalized spacial score (nSPS) is 11.3. The van der Waals surface area contributed by atoms with Crippen LogP contribution in [0.3, 0.4) is 0 Å². The van der Waals surface area contributed by atoms with Crippen LogP contribution < -0.4 is 10.0 Å². The first-order valence-corrected chi connectivity index (χ1v) is 8.90. The Kier molecular flexibility index (Phi) is 6.20. The predicted molar refractivity (Wildman–Crippen MR) is 85.6 cm³/mol. The molecule has 2 N–H and O–H groups in total. The average Bonchev–Trinajstić information content (AvgIpc) is 2.26. The van der Waals surface area contributed by atoms with Gasteiger partial charge in [-0.15, -0.1) is 0 Å². The van der Waals surface area contributed by atoms with E-state index in [0.717, 1.165) is 28.5 Å².